The Morgan fingerprint density at radius 3 is 2.69 bits per heavy atom. The molecule has 0 aliphatic carbocycles. The fourth-order valence-corrected chi connectivity index (χ4v) is 3.23. The number of carbonyl (C=O) groups excluding carboxylic acids is 1. The van der Waals surface area contributed by atoms with Gasteiger partial charge in [0.2, 0.25) is 5.91 Å². The first-order valence-corrected chi connectivity index (χ1v) is 9.21. The van der Waals surface area contributed by atoms with Gasteiger partial charge in [-0.05, 0) is 44.3 Å². The lowest BCUT2D eigenvalue weighted by Gasteiger charge is -2.32. The van der Waals surface area contributed by atoms with Crippen molar-refractivity contribution in [3.8, 4) is 0 Å². The van der Waals surface area contributed by atoms with Gasteiger partial charge in [0.1, 0.15) is 12.2 Å². The van der Waals surface area contributed by atoms with E-state index in [1.807, 2.05) is 6.07 Å². The molecule has 2 N–H and O–H groups in total. The minimum Gasteiger partial charge on any atom is -0.387 e. The van der Waals surface area contributed by atoms with Crippen LogP contribution < -0.4 is 5.32 Å². The third-order valence-corrected chi connectivity index (χ3v) is 4.83. The van der Waals surface area contributed by atoms with Gasteiger partial charge >= 0.3 is 0 Å². The molecule has 1 aromatic carbocycles. The van der Waals surface area contributed by atoms with Gasteiger partial charge < -0.3 is 10.4 Å². The van der Waals surface area contributed by atoms with Crippen LogP contribution in [0, 0.1) is 5.92 Å². The zero-order valence-corrected chi connectivity index (χ0v) is 15.2. The van der Waals surface area contributed by atoms with Gasteiger partial charge in [-0.1, -0.05) is 35.5 Å². The molecule has 0 bridgehead atoms. The molecule has 2 aromatic rings. The van der Waals surface area contributed by atoms with Crippen LogP contribution in [-0.2, 0) is 17.9 Å². The van der Waals surface area contributed by atoms with Crippen LogP contribution in [0.3, 0.4) is 0 Å². The molecule has 1 aliphatic rings. The first kappa shape index (κ1) is 18.5. The highest BCUT2D eigenvalue weighted by Gasteiger charge is 2.20. The van der Waals surface area contributed by atoms with Gasteiger partial charge in [-0.25, -0.2) is 4.68 Å². The second-order valence-electron chi connectivity index (χ2n) is 7.03. The minimum atomic E-state index is -0.673. The van der Waals surface area contributed by atoms with E-state index in [1.165, 1.54) is 10.2 Å². The average molecular weight is 357 g/mol. The van der Waals surface area contributed by atoms with Crippen molar-refractivity contribution in [2.45, 2.75) is 39.0 Å². The van der Waals surface area contributed by atoms with Gasteiger partial charge in [0.25, 0.3) is 0 Å². The Bertz CT molecular complexity index is 693. The summed E-state index contributed by atoms with van der Waals surface area (Å²) in [7, 11) is 0. The summed E-state index contributed by atoms with van der Waals surface area (Å²) >= 11 is 0. The Morgan fingerprint density at radius 1 is 1.31 bits per heavy atom. The lowest BCUT2D eigenvalue weighted by Crippen LogP contribution is -2.39. The number of amides is 1. The highest BCUT2D eigenvalue weighted by Crippen LogP contribution is 2.18. The summed E-state index contributed by atoms with van der Waals surface area (Å²) in [6.07, 6.45) is 3.13. The molecule has 26 heavy (non-hydrogen) atoms. The fraction of sp³-hybridized carbons (Fsp3) is 0.526. The number of aliphatic hydroxyl groups is 1. The van der Waals surface area contributed by atoms with Gasteiger partial charge in [0, 0.05) is 13.1 Å². The summed E-state index contributed by atoms with van der Waals surface area (Å²) in [6, 6.07) is 10.5. The standard InChI is InChI=1S/C19H27N5O2/c1-15(25)18-13-24(22-21-18)14-19(26)20-11-16-7-9-23(10-8-16)12-17-5-3-2-4-6-17/h2-6,13,15-16,25H,7-12,14H2,1H3,(H,20,26). The number of hydrogen-bond acceptors (Lipinski definition) is 5. The Hall–Kier alpha value is -2.25. The van der Waals surface area contributed by atoms with Crippen LogP contribution in [0.25, 0.3) is 0 Å². The van der Waals surface area contributed by atoms with E-state index < -0.39 is 6.10 Å². The molecule has 1 saturated heterocycles. The van der Waals surface area contributed by atoms with Crippen molar-refractivity contribution in [1.29, 1.82) is 0 Å². The SMILES string of the molecule is CC(O)c1cn(CC(=O)NCC2CCN(Cc3ccccc3)CC2)nn1. The molecule has 7 heteroatoms. The summed E-state index contributed by atoms with van der Waals surface area (Å²) in [6.45, 7) is 5.59. The summed E-state index contributed by atoms with van der Waals surface area (Å²) in [5.74, 6) is 0.452. The molecule has 0 spiro atoms. The molecule has 140 valence electrons. The van der Waals surface area contributed by atoms with E-state index in [4.69, 9.17) is 0 Å². The monoisotopic (exact) mass is 357 g/mol. The predicted octanol–water partition coefficient (Wildman–Crippen LogP) is 1.36. The highest BCUT2D eigenvalue weighted by atomic mass is 16.3. The Kier molecular flexibility index (Phi) is 6.35. The largest absolute Gasteiger partial charge is 0.387 e. The van der Waals surface area contributed by atoms with Crippen LogP contribution in [0.2, 0.25) is 0 Å². The predicted molar refractivity (Wildman–Crippen MR) is 98.1 cm³/mol. The maximum Gasteiger partial charge on any atom is 0.241 e. The molecule has 1 atom stereocenters. The second kappa shape index (κ2) is 8.91. The fourth-order valence-electron chi connectivity index (χ4n) is 3.23. The number of piperidine rings is 1. The first-order valence-electron chi connectivity index (χ1n) is 9.21. The molecule has 1 aliphatic heterocycles. The van der Waals surface area contributed by atoms with E-state index in [2.05, 4.69) is 44.8 Å². The zero-order valence-electron chi connectivity index (χ0n) is 15.2. The number of carbonyl (C=O) groups is 1. The summed E-state index contributed by atoms with van der Waals surface area (Å²) in [5, 5.41) is 20.1. The molecule has 0 saturated carbocycles. The van der Waals surface area contributed by atoms with Gasteiger partial charge in [0.05, 0.1) is 12.3 Å². The summed E-state index contributed by atoms with van der Waals surface area (Å²) in [4.78, 5) is 14.5. The molecular weight excluding hydrogens is 330 g/mol. The Labute approximate surface area is 154 Å². The highest BCUT2D eigenvalue weighted by molar-refractivity contribution is 5.75. The van der Waals surface area contributed by atoms with Gasteiger partial charge in [-0.3, -0.25) is 9.69 Å². The van der Waals surface area contributed by atoms with Crippen LogP contribution in [0.5, 0.6) is 0 Å². The van der Waals surface area contributed by atoms with E-state index >= 15 is 0 Å². The zero-order chi connectivity index (χ0) is 18.4. The van der Waals surface area contributed by atoms with E-state index in [1.54, 1.807) is 13.1 Å². The summed E-state index contributed by atoms with van der Waals surface area (Å²) < 4.78 is 1.46. The third kappa shape index (κ3) is 5.37. The molecule has 0 radical (unpaired) electrons. The van der Waals surface area contributed by atoms with Crippen LogP contribution in [0.1, 0.15) is 37.1 Å². The number of rotatable bonds is 7. The second-order valence-corrected chi connectivity index (χ2v) is 7.03. The molecule has 3 rings (SSSR count). The maximum absolute atomic E-state index is 12.1. The molecule has 7 nitrogen and oxygen atoms in total. The van der Waals surface area contributed by atoms with Crippen LogP contribution >= 0.6 is 0 Å². The minimum absolute atomic E-state index is 0.0706. The van der Waals surface area contributed by atoms with Crippen molar-refractivity contribution in [1.82, 2.24) is 25.2 Å². The molecule has 2 heterocycles. The number of nitrogens with one attached hydrogen (secondary N) is 1. The van der Waals surface area contributed by atoms with Crippen LogP contribution in [-0.4, -0.2) is 50.5 Å². The Morgan fingerprint density at radius 2 is 2.04 bits per heavy atom. The topological polar surface area (TPSA) is 83.3 Å². The number of aliphatic hydroxyl groups excluding tert-OH is 1. The number of aromatic nitrogens is 3. The first-order chi connectivity index (χ1) is 12.6. The van der Waals surface area contributed by atoms with E-state index in [0.29, 0.717) is 18.2 Å². The molecule has 1 amide bonds. The number of hydrogen-bond donors (Lipinski definition) is 2. The van der Waals surface area contributed by atoms with Crippen LogP contribution in [0.15, 0.2) is 36.5 Å². The Balaban J connectivity index is 1.36. The van der Waals surface area contributed by atoms with Crippen molar-refractivity contribution in [3.05, 3.63) is 47.8 Å². The lowest BCUT2D eigenvalue weighted by atomic mass is 9.96. The molecule has 1 unspecified atom stereocenters. The number of benzene rings is 1. The van der Waals surface area contributed by atoms with E-state index in [9.17, 15) is 9.90 Å². The normalized spacial score (nSPS) is 17.2. The molecule has 1 fully saturated rings. The van der Waals surface area contributed by atoms with Crippen molar-refractivity contribution < 1.29 is 9.90 Å². The van der Waals surface area contributed by atoms with Gasteiger partial charge in [-0.15, -0.1) is 5.10 Å². The van der Waals surface area contributed by atoms with Crippen molar-refractivity contribution >= 4 is 5.91 Å². The van der Waals surface area contributed by atoms with Crippen molar-refractivity contribution in [2.75, 3.05) is 19.6 Å². The van der Waals surface area contributed by atoms with E-state index in [-0.39, 0.29) is 12.5 Å². The number of nitrogens with zero attached hydrogens (tertiary/aromatic N) is 4. The van der Waals surface area contributed by atoms with Crippen molar-refractivity contribution in [2.24, 2.45) is 5.92 Å². The van der Waals surface area contributed by atoms with Gasteiger partial charge in [-0.2, -0.15) is 0 Å². The maximum atomic E-state index is 12.1. The smallest absolute Gasteiger partial charge is 0.241 e. The lowest BCUT2D eigenvalue weighted by molar-refractivity contribution is -0.122. The molecule has 1 aromatic heterocycles. The summed E-state index contributed by atoms with van der Waals surface area (Å²) in [5.41, 5.74) is 1.83. The third-order valence-electron chi connectivity index (χ3n) is 4.83. The quantitative estimate of drug-likeness (QED) is 0.782. The van der Waals surface area contributed by atoms with Gasteiger partial charge in [0.15, 0.2) is 0 Å². The number of likely N-dealkylation sites (tertiary alicyclic amines) is 1. The molecular formula is C19H27N5O2. The van der Waals surface area contributed by atoms with Crippen molar-refractivity contribution in [3.63, 3.8) is 0 Å². The average Bonchev–Trinajstić information content (AvgIpc) is 3.11. The van der Waals surface area contributed by atoms with Crippen LogP contribution in [0.4, 0.5) is 0 Å². The van der Waals surface area contributed by atoms with E-state index in [0.717, 1.165) is 32.5 Å².